The summed E-state index contributed by atoms with van der Waals surface area (Å²) in [4.78, 5) is 13.3. The number of nitrogens with zero attached hydrogens (tertiary/aromatic N) is 1. The van der Waals surface area contributed by atoms with Crippen molar-refractivity contribution in [3.8, 4) is 5.75 Å². The van der Waals surface area contributed by atoms with Crippen LogP contribution in [0.2, 0.25) is 0 Å². The molecule has 0 atom stereocenters. The van der Waals surface area contributed by atoms with Crippen LogP contribution in [0.1, 0.15) is 6.92 Å². The molecule has 0 aliphatic carbocycles. The molecule has 16 heavy (non-hydrogen) atoms. The lowest BCUT2D eigenvalue weighted by molar-refractivity contribution is -0.115. The van der Waals surface area contributed by atoms with Gasteiger partial charge in [0.15, 0.2) is 0 Å². The molecular formula is C11H11NO2S2. The Balaban J connectivity index is 2.38. The average Bonchev–Trinajstić information content (AvgIpc) is 2.60. The van der Waals surface area contributed by atoms with Crippen LogP contribution in [-0.2, 0) is 4.79 Å². The molecule has 1 aliphatic heterocycles. The van der Waals surface area contributed by atoms with Crippen LogP contribution in [0.3, 0.4) is 0 Å². The Bertz CT molecular complexity index is 418. The van der Waals surface area contributed by atoms with Crippen molar-refractivity contribution in [2.45, 2.75) is 6.92 Å². The van der Waals surface area contributed by atoms with Gasteiger partial charge in [-0.15, -0.1) is 0 Å². The van der Waals surface area contributed by atoms with Crippen molar-refractivity contribution in [1.29, 1.82) is 0 Å². The number of thiocarbonyl (C=S) groups is 1. The number of hydrogen-bond acceptors (Lipinski definition) is 4. The maximum absolute atomic E-state index is 11.7. The molecule has 0 spiro atoms. The molecule has 84 valence electrons. The highest BCUT2D eigenvalue weighted by Crippen LogP contribution is 2.33. The first-order valence-electron chi connectivity index (χ1n) is 4.95. The molecule has 0 saturated carbocycles. The van der Waals surface area contributed by atoms with E-state index in [1.54, 1.807) is 4.90 Å². The Hall–Kier alpha value is -1.07. The highest BCUT2D eigenvalue weighted by atomic mass is 32.2. The normalized spacial score (nSPS) is 15.7. The highest BCUT2D eigenvalue weighted by Gasteiger charge is 2.29. The second kappa shape index (κ2) is 4.84. The number of para-hydroxylation sites is 2. The first-order chi connectivity index (χ1) is 7.74. The molecule has 5 heteroatoms. The second-order valence-electron chi connectivity index (χ2n) is 3.18. The molecule has 1 aromatic carbocycles. The van der Waals surface area contributed by atoms with Gasteiger partial charge in [-0.2, -0.15) is 0 Å². The van der Waals surface area contributed by atoms with Crippen LogP contribution >= 0.6 is 24.0 Å². The van der Waals surface area contributed by atoms with Crippen molar-refractivity contribution >= 4 is 39.9 Å². The number of amides is 1. The molecule has 1 fully saturated rings. The summed E-state index contributed by atoms with van der Waals surface area (Å²) in [6, 6.07) is 7.45. The van der Waals surface area contributed by atoms with Crippen LogP contribution < -0.4 is 9.64 Å². The molecule has 0 unspecified atom stereocenters. The number of carbonyl (C=O) groups excluding carboxylic acids is 1. The number of anilines is 1. The van der Waals surface area contributed by atoms with E-state index in [-0.39, 0.29) is 5.91 Å². The van der Waals surface area contributed by atoms with Gasteiger partial charge in [0, 0.05) is 0 Å². The van der Waals surface area contributed by atoms with E-state index < -0.39 is 0 Å². The molecule has 1 amide bonds. The van der Waals surface area contributed by atoms with Crippen LogP contribution in [0.5, 0.6) is 5.75 Å². The SMILES string of the molecule is CCOc1ccccc1N1C(=O)CSC1=S. The number of ether oxygens (including phenoxy) is 1. The molecule has 1 heterocycles. The van der Waals surface area contributed by atoms with Crippen molar-refractivity contribution in [3.05, 3.63) is 24.3 Å². The van der Waals surface area contributed by atoms with Crippen molar-refractivity contribution in [3.63, 3.8) is 0 Å². The fraction of sp³-hybridized carbons (Fsp3) is 0.273. The lowest BCUT2D eigenvalue weighted by Gasteiger charge is -2.18. The van der Waals surface area contributed by atoms with Gasteiger partial charge in [0.1, 0.15) is 10.1 Å². The van der Waals surface area contributed by atoms with E-state index in [4.69, 9.17) is 17.0 Å². The van der Waals surface area contributed by atoms with E-state index in [9.17, 15) is 4.79 Å². The van der Waals surface area contributed by atoms with Crippen molar-refractivity contribution in [2.24, 2.45) is 0 Å². The molecule has 0 bridgehead atoms. The summed E-state index contributed by atoms with van der Waals surface area (Å²) in [5.74, 6) is 1.13. The topological polar surface area (TPSA) is 29.5 Å². The molecule has 3 nitrogen and oxygen atoms in total. The summed E-state index contributed by atoms with van der Waals surface area (Å²) in [5.41, 5.74) is 0.740. The van der Waals surface area contributed by atoms with Crippen molar-refractivity contribution in [1.82, 2.24) is 0 Å². The Morgan fingerprint density at radius 1 is 1.50 bits per heavy atom. The summed E-state index contributed by atoms with van der Waals surface area (Å²) >= 11 is 6.54. The van der Waals surface area contributed by atoms with Crippen molar-refractivity contribution in [2.75, 3.05) is 17.3 Å². The quantitative estimate of drug-likeness (QED) is 0.774. The zero-order valence-electron chi connectivity index (χ0n) is 8.80. The van der Waals surface area contributed by atoms with Gasteiger partial charge in [-0.3, -0.25) is 9.69 Å². The van der Waals surface area contributed by atoms with Gasteiger partial charge in [-0.25, -0.2) is 0 Å². The van der Waals surface area contributed by atoms with Gasteiger partial charge in [-0.1, -0.05) is 36.1 Å². The monoisotopic (exact) mass is 253 g/mol. The standard InChI is InChI=1S/C11H11NO2S2/c1-2-14-9-6-4-3-5-8(9)12-10(13)7-16-11(12)15/h3-6H,2,7H2,1H3. The summed E-state index contributed by atoms with van der Waals surface area (Å²) in [7, 11) is 0. The molecule has 1 aromatic rings. The summed E-state index contributed by atoms with van der Waals surface area (Å²) in [6.07, 6.45) is 0. The lowest BCUT2D eigenvalue weighted by Crippen LogP contribution is -2.28. The summed E-state index contributed by atoms with van der Waals surface area (Å²) in [6.45, 7) is 2.48. The molecule has 2 rings (SSSR count). The molecule has 0 N–H and O–H groups in total. The zero-order chi connectivity index (χ0) is 11.5. The minimum Gasteiger partial charge on any atom is -0.492 e. The maximum atomic E-state index is 11.7. The van der Waals surface area contributed by atoms with Gasteiger partial charge in [0.2, 0.25) is 5.91 Å². The Morgan fingerprint density at radius 2 is 2.25 bits per heavy atom. The molecular weight excluding hydrogens is 242 g/mol. The predicted octanol–water partition coefficient (Wildman–Crippen LogP) is 2.45. The van der Waals surface area contributed by atoms with Gasteiger partial charge in [0.25, 0.3) is 0 Å². The summed E-state index contributed by atoms with van der Waals surface area (Å²) < 4.78 is 6.08. The fourth-order valence-electron chi connectivity index (χ4n) is 1.51. The maximum Gasteiger partial charge on any atom is 0.243 e. The molecule has 1 saturated heterocycles. The van der Waals surface area contributed by atoms with E-state index in [2.05, 4.69) is 0 Å². The lowest BCUT2D eigenvalue weighted by atomic mass is 10.2. The summed E-state index contributed by atoms with van der Waals surface area (Å²) in [5, 5.41) is 0. The van der Waals surface area contributed by atoms with Crippen LogP contribution in [0, 0.1) is 0 Å². The smallest absolute Gasteiger partial charge is 0.243 e. The number of benzene rings is 1. The fourth-order valence-corrected chi connectivity index (χ4v) is 2.59. The minimum absolute atomic E-state index is 0.0159. The third kappa shape index (κ3) is 2.05. The Kier molecular flexibility index (Phi) is 3.46. The highest BCUT2D eigenvalue weighted by molar-refractivity contribution is 8.24. The van der Waals surface area contributed by atoms with Crippen LogP contribution in [-0.4, -0.2) is 22.6 Å². The van der Waals surface area contributed by atoms with E-state index in [0.29, 0.717) is 22.4 Å². The third-order valence-corrected chi connectivity index (χ3v) is 3.51. The largest absolute Gasteiger partial charge is 0.492 e. The van der Waals surface area contributed by atoms with Gasteiger partial charge in [0.05, 0.1) is 18.0 Å². The number of carbonyl (C=O) groups is 1. The second-order valence-corrected chi connectivity index (χ2v) is 4.79. The molecule has 1 aliphatic rings. The van der Waals surface area contributed by atoms with E-state index >= 15 is 0 Å². The van der Waals surface area contributed by atoms with Crippen LogP contribution in [0.25, 0.3) is 0 Å². The van der Waals surface area contributed by atoms with E-state index in [1.165, 1.54) is 11.8 Å². The number of thioether (sulfide) groups is 1. The third-order valence-electron chi connectivity index (χ3n) is 2.16. The van der Waals surface area contributed by atoms with Gasteiger partial charge < -0.3 is 4.74 Å². The first-order valence-corrected chi connectivity index (χ1v) is 6.35. The van der Waals surface area contributed by atoms with Gasteiger partial charge in [-0.05, 0) is 19.1 Å². The zero-order valence-corrected chi connectivity index (χ0v) is 10.4. The Labute approximate surface area is 104 Å². The van der Waals surface area contributed by atoms with Gasteiger partial charge >= 0.3 is 0 Å². The van der Waals surface area contributed by atoms with Crippen LogP contribution in [0.4, 0.5) is 5.69 Å². The number of hydrogen-bond donors (Lipinski definition) is 0. The number of rotatable bonds is 3. The average molecular weight is 253 g/mol. The van der Waals surface area contributed by atoms with Crippen LogP contribution in [0.15, 0.2) is 24.3 Å². The molecule has 0 aromatic heterocycles. The van der Waals surface area contributed by atoms with E-state index in [0.717, 1.165) is 5.69 Å². The van der Waals surface area contributed by atoms with E-state index in [1.807, 2.05) is 31.2 Å². The van der Waals surface area contributed by atoms with Crippen molar-refractivity contribution < 1.29 is 9.53 Å². The Morgan fingerprint density at radius 3 is 2.88 bits per heavy atom. The minimum atomic E-state index is 0.0159. The first kappa shape index (κ1) is 11.4. The molecule has 0 radical (unpaired) electrons. The predicted molar refractivity (Wildman–Crippen MR) is 70.2 cm³/mol.